The minimum Gasteiger partial charge on any atom is -0.0610 e. The summed E-state index contributed by atoms with van der Waals surface area (Å²) in [5.41, 5.74) is 21.9. The second-order valence-electron chi connectivity index (χ2n) is 13.4. The van der Waals surface area contributed by atoms with Crippen LogP contribution in [0.15, 0.2) is 84.9 Å². The van der Waals surface area contributed by atoms with Crippen LogP contribution in [0.4, 0.5) is 0 Å². The quantitative estimate of drug-likeness (QED) is 0.218. The van der Waals surface area contributed by atoms with Crippen molar-refractivity contribution in [2.45, 2.75) is 66.2 Å². The lowest BCUT2D eigenvalue weighted by atomic mass is 9.80. The SMILES string of the molecule is Cc1ccc2c(c1)C(C)(C)c1cc(C)cc(-c3cccc(-c4cc(C)cc5c4-c4ccc(C)cc4C5(C)C)c3)c1-2. The van der Waals surface area contributed by atoms with Crippen molar-refractivity contribution in [2.75, 3.05) is 0 Å². The van der Waals surface area contributed by atoms with Gasteiger partial charge in [0, 0.05) is 10.8 Å². The summed E-state index contributed by atoms with van der Waals surface area (Å²) in [6.07, 6.45) is 0. The van der Waals surface area contributed by atoms with E-state index in [9.17, 15) is 0 Å². The monoisotopic (exact) mass is 518 g/mol. The lowest BCUT2D eigenvalue weighted by Crippen LogP contribution is -2.15. The Labute approximate surface area is 239 Å². The highest BCUT2D eigenvalue weighted by atomic mass is 14.4. The van der Waals surface area contributed by atoms with Crippen molar-refractivity contribution in [3.05, 3.63) is 129 Å². The summed E-state index contributed by atoms with van der Waals surface area (Å²) >= 11 is 0. The largest absolute Gasteiger partial charge is 0.0610 e. The Bertz CT molecular complexity index is 1740. The number of rotatable bonds is 2. The van der Waals surface area contributed by atoms with Crippen LogP contribution in [0, 0.1) is 27.7 Å². The minimum atomic E-state index is -0.0140. The van der Waals surface area contributed by atoms with E-state index in [1.165, 1.54) is 89.0 Å². The second kappa shape index (κ2) is 8.31. The van der Waals surface area contributed by atoms with Gasteiger partial charge in [0.25, 0.3) is 0 Å². The average Bonchev–Trinajstić information content (AvgIpc) is 3.27. The number of hydrogen-bond donors (Lipinski definition) is 0. The normalized spacial score (nSPS) is 15.4. The predicted molar refractivity (Wildman–Crippen MR) is 171 cm³/mol. The summed E-state index contributed by atoms with van der Waals surface area (Å²) in [6.45, 7) is 18.4. The van der Waals surface area contributed by atoms with Gasteiger partial charge in [0.1, 0.15) is 0 Å². The fraction of sp³-hybridized carbons (Fsp3) is 0.250. The molecule has 0 bridgehead atoms. The first-order valence-corrected chi connectivity index (χ1v) is 14.6. The Morgan fingerprint density at radius 2 is 0.775 bits per heavy atom. The number of fused-ring (bicyclic) bond motifs is 6. The van der Waals surface area contributed by atoms with Gasteiger partial charge >= 0.3 is 0 Å². The fourth-order valence-corrected chi connectivity index (χ4v) is 7.53. The van der Waals surface area contributed by atoms with Crippen LogP contribution < -0.4 is 0 Å². The van der Waals surface area contributed by atoms with E-state index < -0.39 is 0 Å². The maximum atomic E-state index is 2.43. The van der Waals surface area contributed by atoms with Crippen LogP contribution in [-0.4, -0.2) is 0 Å². The molecular weight excluding hydrogens is 480 g/mol. The van der Waals surface area contributed by atoms with Crippen LogP contribution >= 0.6 is 0 Å². The van der Waals surface area contributed by atoms with E-state index in [-0.39, 0.29) is 10.8 Å². The molecule has 0 nitrogen and oxygen atoms in total. The number of hydrogen-bond acceptors (Lipinski definition) is 0. The molecule has 0 radical (unpaired) electrons. The Morgan fingerprint density at radius 1 is 0.375 bits per heavy atom. The van der Waals surface area contributed by atoms with Crippen LogP contribution in [0.2, 0.25) is 0 Å². The molecule has 0 amide bonds. The zero-order valence-electron chi connectivity index (χ0n) is 25.1. The molecule has 5 aromatic rings. The van der Waals surface area contributed by atoms with Gasteiger partial charge in [-0.3, -0.25) is 0 Å². The number of aryl methyl sites for hydroxylation is 4. The molecule has 198 valence electrons. The van der Waals surface area contributed by atoms with E-state index in [1.54, 1.807) is 0 Å². The van der Waals surface area contributed by atoms with Crippen molar-refractivity contribution in [1.29, 1.82) is 0 Å². The summed E-state index contributed by atoms with van der Waals surface area (Å²) in [7, 11) is 0. The topological polar surface area (TPSA) is 0 Å². The van der Waals surface area contributed by atoms with Crippen molar-refractivity contribution >= 4 is 0 Å². The van der Waals surface area contributed by atoms with Crippen molar-refractivity contribution in [3.8, 4) is 44.5 Å². The zero-order valence-corrected chi connectivity index (χ0v) is 25.1. The molecule has 0 unspecified atom stereocenters. The second-order valence-corrected chi connectivity index (χ2v) is 13.4. The first-order chi connectivity index (χ1) is 19.0. The Kier molecular flexibility index (Phi) is 5.21. The van der Waals surface area contributed by atoms with E-state index >= 15 is 0 Å². The third-order valence-corrected chi connectivity index (χ3v) is 9.63. The molecule has 7 rings (SSSR count). The number of benzene rings is 5. The molecule has 0 atom stereocenters. The van der Waals surface area contributed by atoms with Crippen LogP contribution in [-0.2, 0) is 10.8 Å². The smallest absolute Gasteiger partial charge is 0.0159 e. The van der Waals surface area contributed by atoms with Crippen LogP contribution in [0.3, 0.4) is 0 Å². The van der Waals surface area contributed by atoms with E-state index in [4.69, 9.17) is 0 Å². The molecule has 2 aliphatic carbocycles. The molecule has 40 heavy (non-hydrogen) atoms. The summed E-state index contributed by atoms with van der Waals surface area (Å²) in [6, 6.07) is 32.9. The Balaban J connectivity index is 1.47. The first-order valence-electron chi connectivity index (χ1n) is 14.6. The highest BCUT2D eigenvalue weighted by molar-refractivity contribution is 5.96. The van der Waals surface area contributed by atoms with E-state index in [0.29, 0.717) is 0 Å². The highest BCUT2D eigenvalue weighted by Crippen LogP contribution is 2.55. The van der Waals surface area contributed by atoms with E-state index in [1.807, 2.05) is 0 Å². The fourth-order valence-electron chi connectivity index (χ4n) is 7.53. The van der Waals surface area contributed by atoms with Gasteiger partial charge in [0.15, 0.2) is 0 Å². The van der Waals surface area contributed by atoms with Gasteiger partial charge in [-0.15, -0.1) is 0 Å². The molecule has 0 heterocycles. The van der Waals surface area contributed by atoms with Gasteiger partial charge in [-0.2, -0.15) is 0 Å². The van der Waals surface area contributed by atoms with Crippen LogP contribution in [0.5, 0.6) is 0 Å². The summed E-state index contributed by atoms with van der Waals surface area (Å²) in [5.74, 6) is 0. The third-order valence-electron chi connectivity index (χ3n) is 9.63. The van der Waals surface area contributed by atoms with Gasteiger partial charge in [0.05, 0.1) is 0 Å². The van der Waals surface area contributed by atoms with Crippen LogP contribution in [0.1, 0.15) is 72.2 Å². The maximum Gasteiger partial charge on any atom is 0.0159 e. The maximum absolute atomic E-state index is 2.43. The molecule has 0 heteroatoms. The van der Waals surface area contributed by atoms with E-state index in [0.717, 1.165) is 0 Å². The summed E-state index contributed by atoms with van der Waals surface area (Å²) < 4.78 is 0. The Morgan fingerprint density at radius 3 is 1.20 bits per heavy atom. The van der Waals surface area contributed by atoms with Crippen molar-refractivity contribution in [1.82, 2.24) is 0 Å². The Hall–Kier alpha value is -3.90. The molecule has 5 aromatic carbocycles. The van der Waals surface area contributed by atoms with E-state index in [2.05, 4.69) is 140 Å². The molecule has 0 N–H and O–H groups in total. The lowest BCUT2D eigenvalue weighted by Gasteiger charge is -2.23. The lowest BCUT2D eigenvalue weighted by molar-refractivity contribution is 0.659. The zero-order chi connectivity index (χ0) is 28.1. The molecule has 2 aliphatic rings. The van der Waals surface area contributed by atoms with Crippen molar-refractivity contribution in [2.24, 2.45) is 0 Å². The molecular formula is C40H38. The third kappa shape index (κ3) is 3.45. The van der Waals surface area contributed by atoms with Crippen molar-refractivity contribution < 1.29 is 0 Å². The van der Waals surface area contributed by atoms with Crippen molar-refractivity contribution in [3.63, 3.8) is 0 Å². The molecule has 0 saturated heterocycles. The predicted octanol–water partition coefficient (Wildman–Crippen LogP) is 10.9. The van der Waals surface area contributed by atoms with Gasteiger partial charge in [0.2, 0.25) is 0 Å². The highest BCUT2D eigenvalue weighted by Gasteiger charge is 2.38. The molecule has 0 fully saturated rings. The molecule has 0 aromatic heterocycles. The molecule has 0 aliphatic heterocycles. The van der Waals surface area contributed by atoms with Gasteiger partial charge < -0.3 is 0 Å². The molecule has 0 spiro atoms. The van der Waals surface area contributed by atoms with Crippen LogP contribution in [0.25, 0.3) is 44.5 Å². The average molecular weight is 519 g/mol. The summed E-state index contributed by atoms with van der Waals surface area (Å²) in [5, 5.41) is 0. The van der Waals surface area contributed by atoms with Gasteiger partial charge in [-0.25, -0.2) is 0 Å². The van der Waals surface area contributed by atoms with Gasteiger partial charge in [-0.05, 0) is 101 Å². The van der Waals surface area contributed by atoms with Gasteiger partial charge in [-0.1, -0.05) is 129 Å². The minimum absolute atomic E-state index is 0.0140. The summed E-state index contributed by atoms with van der Waals surface area (Å²) in [4.78, 5) is 0. The standard InChI is InChI=1S/C40H38/c1-23-12-14-29-33(18-23)39(5,6)35-20-25(3)16-31(37(29)35)27-10-9-11-28(22-27)32-17-26(4)21-36-38(32)30-15-13-24(2)19-34(30)40(36,7)8/h9-22H,1-8H3. The first kappa shape index (κ1) is 25.1. The molecule has 0 saturated carbocycles.